The molecular weight excluding hydrogens is 368 g/mol. The van der Waals surface area contributed by atoms with Crippen LogP contribution >= 0.6 is 0 Å². The summed E-state index contributed by atoms with van der Waals surface area (Å²) in [5.41, 5.74) is 6.44. The molecule has 1 aromatic heterocycles. The van der Waals surface area contributed by atoms with Gasteiger partial charge in [-0.1, -0.05) is 75.4 Å². The molecule has 0 saturated carbocycles. The Kier molecular flexibility index (Phi) is 8.11. The zero-order chi connectivity index (χ0) is 22.3. The van der Waals surface area contributed by atoms with Gasteiger partial charge in [0, 0.05) is 11.8 Å². The van der Waals surface area contributed by atoms with E-state index in [1.165, 1.54) is 5.56 Å². The minimum absolute atomic E-state index is 0.123. The van der Waals surface area contributed by atoms with E-state index >= 15 is 0 Å². The van der Waals surface area contributed by atoms with Crippen molar-refractivity contribution < 1.29 is 4.79 Å². The molecule has 0 saturated heterocycles. The number of amides is 1. The Hall–Kier alpha value is -3.20. The van der Waals surface area contributed by atoms with Crippen molar-refractivity contribution >= 4 is 17.4 Å². The highest BCUT2D eigenvalue weighted by Gasteiger charge is 2.24. The number of hydrogen-bond donors (Lipinski definition) is 0. The average Bonchev–Trinajstić information content (AvgIpc) is 2.78. The van der Waals surface area contributed by atoms with Crippen molar-refractivity contribution in [3.8, 4) is 0 Å². The number of pyridine rings is 1. The molecule has 0 unspecified atom stereocenters. The number of hydrogen-bond acceptors (Lipinski definition) is 2. The van der Waals surface area contributed by atoms with Crippen LogP contribution in [0.5, 0.6) is 0 Å². The molecule has 0 bridgehead atoms. The zero-order valence-corrected chi connectivity index (χ0v) is 19.0. The molecule has 3 rings (SSSR count). The molecule has 3 nitrogen and oxygen atoms in total. The summed E-state index contributed by atoms with van der Waals surface area (Å²) in [4.78, 5) is 19.7. The van der Waals surface area contributed by atoms with Gasteiger partial charge in [-0.3, -0.25) is 9.69 Å². The summed E-state index contributed by atoms with van der Waals surface area (Å²) < 4.78 is 0. The lowest BCUT2D eigenvalue weighted by atomic mass is 10.0. The summed E-state index contributed by atoms with van der Waals surface area (Å²) in [6.07, 6.45) is 2.74. The predicted molar refractivity (Wildman–Crippen MR) is 128 cm³/mol. The fourth-order valence-corrected chi connectivity index (χ4v) is 3.11. The highest BCUT2D eigenvalue weighted by Crippen LogP contribution is 2.27. The van der Waals surface area contributed by atoms with Gasteiger partial charge in [0.05, 0.1) is 5.70 Å². The van der Waals surface area contributed by atoms with E-state index in [-0.39, 0.29) is 5.91 Å². The second-order valence-corrected chi connectivity index (χ2v) is 7.15. The molecule has 0 N–H and O–H groups in total. The van der Waals surface area contributed by atoms with Crippen LogP contribution in [-0.2, 0) is 6.42 Å². The molecule has 0 spiro atoms. The number of benzene rings is 2. The molecule has 3 heteroatoms. The molecule has 156 valence electrons. The van der Waals surface area contributed by atoms with E-state index < -0.39 is 0 Å². The summed E-state index contributed by atoms with van der Waals surface area (Å²) in [7, 11) is 0. The third kappa shape index (κ3) is 5.24. The van der Waals surface area contributed by atoms with Gasteiger partial charge in [-0.25, -0.2) is 4.98 Å². The van der Waals surface area contributed by atoms with Gasteiger partial charge in [-0.15, -0.1) is 0 Å². The maximum atomic E-state index is 13.6. The summed E-state index contributed by atoms with van der Waals surface area (Å²) >= 11 is 0. The van der Waals surface area contributed by atoms with Crippen LogP contribution in [0.3, 0.4) is 0 Å². The van der Waals surface area contributed by atoms with Crippen molar-refractivity contribution in [2.24, 2.45) is 0 Å². The number of anilines is 1. The maximum Gasteiger partial charge on any atom is 0.264 e. The lowest BCUT2D eigenvalue weighted by Gasteiger charge is -2.25. The Morgan fingerprint density at radius 2 is 1.57 bits per heavy atom. The molecular formula is C27H32N2O. The zero-order valence-electron chi connectivity index (χ0n) is 19.0. The van der Waals surface area contributed by atoms with Gasteiger partial charge in [0.15, 0.2) is 0 Å². The number of nitrogens with zero attached hydrogens (tertiary/aromatic N) is 2. The number of aryl methyl sites for hydroxylation is 4. The van der Waals surface area contributed by atoms with Gasteiger partial charge in [0.25, 0.3) is 5.91 Å². The molecule has 3 aromatic rings. The molecule has 0 aliphatic rings. The second kappa shape index (κ2) is 10.5. The van der Waals surface area contributed by atoms with Crippen molar-refractivity contribution in [2.75, 3.05) is 4.90 Å². The smallest absolute Gasteiger partial charge is 0.264 e. The van der Waals surface area contributed by atoms with E-state index in [4.69, 9.17) is 0 Å². The van der Waals surface area contributed by atoms with Crippen LogP contribution in [0.15, 0.2) is 67.4 Å². The third-order valence-corrected chi connectivity index (χ3v) is 4.92. The number of carbonyl (C=O) groups excluding carboxylic acids is 1. The lowest BCUT2D eigenvalue weighted by Crippen LogP contribution is -2.30. The minimum atomic E-state index is -0.123. The molecule has 1 heterocycles. The summed E-state index contributed by atoms with van der Waals surface area (Å²) in [5.74, 6) is 0.447. The highest BCUT2D eigenvalue weighted by molar-refractivity contribution is 6.14. The quantitative estimate of drug-likeness (QED) is 0.466. The van der Waals surface area contributed by atoms with Crippen molar-refractivity contribution in [3.05, 3.63) is 101 Å². The Morgan fingerprint density at radius 3 is 2.13 bits per heavy atom. The Morgan fingerprint density at radius 1 is 0.933 bits per heavy atom. The van der Waals surface area contributed by atoms with Crippen LogP contribution < -0.4 is 4.90 Å². The van der Waals surface area contributed by atoms with E-state index in [1.54, 1.807) is 11.1 Å². The first kappa shape index (κ1) is 23.1. The van der Waals surface area contributed by atoms with E-state index in [9.17, 15) is 4.79 Å². The van der Waals surface area contributed by atoms with Gasteiger partial charge in [-0.05, 0) is 61.6 Å². The molecule has 0 radical (unpaired) electrons. The van der Waals surface area contributed by atoms with E-state index in [0.717, 1.165) is 28.7 Å². The van der Waals surface area contributed by atoms with Crippen LogP contribution in [-0.4, -0.2) is 10.9 Å². The molecule has 1 amide bonds. The number of carbonyl (C=O) groups is 1. The summed E-state index contributed by atoms with van der Waals surface area (Å²) in [6, 6.07) is 17.9. The molecule has 2 aromatic carbocycles. The first-order valence-electron chi connectivity index (χ1n) is 10.5. The van der Waals surface area contributed by atoms with Gasteiger partial charge in [0.1, 0.15) is 5.82 Å². The van der Waals surface area contributed by atoms with Crippen LogP contribution in [0.1, 0.15) is 58.9 Å². The normalized spacial score (nSPS) is 10.1. The fourth-order valence-electron chi connectivity index (χ4n) is 3.11. The predicted octanol–water partition coefficient (Wildman–Crippen LogP) is 6.91. The Balaban J connectivity index is 0.00000155. The first-order valence-corrected chi connectivity index (χ1v) is 10.5. The highest BCUT2D eigenvalue weighted by atomic mass is 16.2. The Labute approximate surface area is 181 Å². The summed E-state index contributed by atoms with van der Waals surface area (Å²) in [5, 5.41) is 0. The lowest BCUT2D eigenvalue weighted by molar-refractivity contribution is 0.0999. The van der Waals surface area contributed by atoms with Crippen LogP contribution in [0.25, 0.3) is 5.70 Å². The molecule has 30 heavy (non-hydrogen) atoms. The monoisotopic (exact) mass is 400 g/mol. The van der Waals surface area contributed by atoms with Gasteiger partial charge < -0.3 is 0 Å². The fraction of sp³-hybridized carbons (Fsp3) is 0.259. The maximum absolute atomic E-state index is 13.6. The van der Waals surface area contributed by atoms with Crippen LogP contribution in [0, 0.1) is 20.8 Å². The minimum Gasteiger partial charge on any atom is -0.268 e. The second-order valence-electron chi connectivity index (χ2n) is 7.15. The standard InChI is InChI=1S/C25H26N2O.C2H6/c1-6-21-10-12-22(13-11-21)20(5)27(24-14-8-18(3)16-26-24)25(28)23-15-17(2)7-9-19(23)4;1-2/h7-16H,5-6H2,1-4H3;1-2H3. The third-order valence-electron chi connectivity index (χ3n) is 4.92. The summed E-state index contributed by atoms with van der Waals surface area (Å²) in [6.45, 7) is 16.3. The van der Waals surface area contributed by atoms with E-state index in [0.29, 0.717) is 17.1 Å². The number of aromatic nitrogens is 1. The first-order chi connectivity index (χ1) is 14.4. The van der Waals surface area contributed by atoms with E-state index in [1.807, 2.05) is 77.1 Å². The van der Waals surface area contributed by atoms with Crippen LogP contribution in [0.4, 0.5) is 5.82 Å². The van der Waals surface area contributed by atoms with Gasteiger partial charge >= 0.3 is 0 Å². The van der Waals surface area contributed by atoms with E-state index in [2.05, 4.69) is 30.6 Å². The van der Waals surface area contributed by atoms with Gasteiger partial charge in [-0.2, -0.15) is 0 Å². The largest absolute Gasteiger partial charge is 0.268 e. The molecule has 0 atom stereocenters. The van der Waals surface area contributed by atoms with Crippen molar-refractivity contribution in [3.63, 3.8) is 0 Å². The van der Waals surface area contributed by atoms with Crippen molar-refractivity contribution in [1.82, 2.24) is 4.98 Å². The molecule has 0 aliphatic carbocycles. The van der Waals surface area contributed by atoms with Crippen molar-refractivity contribution in [1.29, 1.82) is 0 Å². The van der Waals surface area contributed by atoms with Crippen molar-refractivity contribution in [2.45, 2.75) is 48.0 Å². The topological polar surface area (TPSA) is 33.2 Å². The number of rotatable bonds is 5. The van der Waals surface area contributed by atoms with Gasteiger partial charge in [0.2, 0.25) is 0 Å². The SMILES string of the molecule is C=C(c1ccc(CC)cc1)N(C(=O)c1cc(C)ccc1C)c1ccc(C)cn1.CC. The Bertz CT molecular complexity index is 1000. The average molecular weight is 401 g/mol. The van der Waals surface area contributed by atoms with Crippen LogP contribution in [0.2, 0.25) is 0 Å². The molecule has 0 aliphatic heterocycles. The molecule has 0 fully saturated rings.